The van der Waals surface area contributed by atoms with Gasteiger partial charge in [0.1, 0.15) is 11.5 Å². The van der Waals surface area contributed by atoms with Crippen molar-refractivity contribution in [2.75, 3.05) is 0 Å². The molecule has 0 unspecified atom stereocenters. The Kier molecular flexibility index (Phi) is 5.41. The lowest BCUT2D eigenvalue weighted by Crippen LogP contribution is -2.26. The first kappa shape index (κ1) is 20.3. The highest BCUT2D eigenvalue weighted by Gasteiger charge is 2.36. The van der Waals surface area contributed by atoms with Gasteiger partial charge in [0.25, 0.3) is 0 Å². The molecular weight excluding hydrogens is 380 g/mol. The topological polar surface area (TPSA) is 92.8 Å². The maximum absolute atomic E-state index is 12.6. The molecule has 0 amide bonds. The fraction of sp³-hybridized carbons (Fsp3) is 0.417. The van der Waals surface area contributed by atoms with E-state index in [9.17, 15) is 14.7 Å². The Morgan fingerprint density at radius 1 is 1.13 bits per heavy atom. The van der Waals surface area contributed by atoms with Crippen LogP contribution in [0.4, 0.5) is 5.69 Å². The monoisotopic (exact) mass is 406 g/mol. The quantitative estimate of drug-likeness (QED) is 0.563. The Balaban J connectivity index is 1.58. The van der Waals surface area contributed by atoms with Crippen molar-refractivity contribution >= 4 is 23.0 Å². The molecule has 1 heterocycles. The molecule has 2 aliphatic rings. The molecule has 0 atom stereocenters. The first-order valence-corrected chi connectivity index (χ1v) is 10.4. The third kappa shape index (κ3) is 4.13. The zero-order chi connectivity index (χ0) is 21.3. The molecule has 0 radical (unpaired) electrons. The number of carbonyl (C=O) groups excluding carboxylic acids is 2. The number of hydrogen-bond acceptors (Lipinski definition) is 6. The van der Waals surface area contributed by atoms with Crippen LogP contribution in [0.1, 0.15) is 67.8 Å². The van der Waals surface area contributed by atoms with Gasteiger partial charge in [0.15, 0.2) is 11.6 Å². The van der Waals surface area contributed by atoms with E-state index in [2.05, 4.69) is 10.1 Å². The van der Waals surface area contributed by atoms with E-state index < -0.39 is 0 Å². The molecule has 156 valence electrons. The molecule has 1 fully saturated rings. The standard InChI is InChI=1S/C24H26N2O4/c1-24(2)13-20(29)23-17(26-30-21(23)14-24)11-12-19(28)22-16(9-6-10-18(22)27)25-15-7-4-3-5-8-15/h3-5,7-8,28H,6,9-14H2,1-2H3/b22-19-,25-16?. The van der Waals surface area contributed by atoms with Crippen molar-refractivity contribution in [2.24, 2.45) is 10.4 Å². The predicted octanol–water partition coefficient (Wildman–Crippen LogP) is 5.10. The lowest BCUT2D eigenvalue weighted by atomic mass is 9.76. The van der Waals surface area contributed by atoms with E-state index in [1.54, 1.807) is 0 Å². The Hall–Kier alpha value is -3.02. The zero-order valence-corrected chi connectivity index (χ0v) is 17.4. The molecule has 2 aromatic rings. The van der Waals surface area contributed by atoms with Crippen molar-refractivity contribution in [3.05, 3.63) is 58.7 Å². The molecule has 30 heavy (non-hydrogen) atoms. The first-order chi connectivity index (χ1) is 14.3. The molecule has 0 spiro atoms. The van der Waals surface area contributed by atoms with Crippen LogP contribution in [0.2, 0.25) is 0 Å². The molecule has 6 heteroatoms. The van der Waals surface area contributed by atoms with E-state index in [1.807, 2.05) is 44.2 Å². The van der Waals surface area contributed by atoms with Gasteiger partial charge in [-0.05, 0) is 30.4 Å². The highest BCUT2D eigenvalue weighted by molar-refractivity contribution is 6.24. The van der Waals surface area contributed by atoms with Crippen molar-refractivity contribution in [1.82, 2.24) is 5.16 Å². The average Bonchev–Trinajstić information content (AvgIpc) is 3.09. The second-order valence-corrected chi connectivity index (χ2v) is 8.86. The van der Waals surface area contributed by atoms with E-state index in [1.165, 1.54) is 0 Å². The van der Waals surface area contributed by atoms with Gasteiger partial charge in [0.05, 0.1) is 28.2 Å². The van der Waals surface area contributed by atoms with Crippen molar-refractivity contribution in [1.29, 1.82) is 0 Å². The number of para-hydroxylation sites is 1. The number of aliphatic imine (C=N–C) groups is 1. The molecule has 1 aromatic carbocycles. The summed E-state index contributed by atoms with van der Waals surface area (Å²) < 4.78 is 5.43. The van der Waals surface area contributed by atoms with Gasteiger partial charge in [-0.1, -0.05) is 37.2 Å². The van der Waals surface area contributed by atoms with Crippen LogP contribution in [-0.4, -0.2) is 27.5 Å². The summed E-state index contributed by atoms with van der Waals surface area (Å²) in [6.07, 6.45) is 3.44. The molecule has 1 N–H and O–H groups in total. The molecule has 2 aliphatic carbocycles. The maximum Gasteiger partial charge on any atom is 0.168 e. The molecule has 1 aromatic heterocycles. The number of benzene rings is 1. The Bertz CT molecular complexity index is 1040. The SMILES string of the molecule is CC1(C)CC(=O)c2c(CC/C(O)=C3/C(=O)CCCC3=Nc3ccccc3)noc2C1. The van der Waals surface area contributed by atoms with Gasteiger partial charge in [0, 0.05) is 32.1 Å². The molecule has 0 aliphatic heterocycles. The number of carbonyl (C=O) groups is 2. The van der Waals surface area contributed by atoms with E-state index in [4.69, 9.17) is 4.52 Å². The number of nitrogens with zero attached hydrogens (tertiary/aromatic N) is 2. The maximum atomic E-state index is 12.6. The van der Waals surface area contributed by atoms with E-state index in [0.29, 0.717) is 60.4 Å². The summed E-state index contributed by atoms with van der Waals surface area (Å²) in [4.78, 5) is 29.8. The van der Waals surface area contributed by atoms with Gasteiger partial charge < -0.3 is 9.63 Å². The fourth-order valence-corrected chi connectivity index (χ4v) is 4.28. The van der Waals surface area contributed by atoms with E-state index in [0.717, 1.165) is 12.1 Å². The predicted molar refractivity (Wildman–Crippen MR) is 113 cm³/mol. The smallest absolute Gasteiger partial charge is 0.168 e. The van der Waals surface area contributed by atoms with Gasteiger partial charge in [-0.2, -0.15) is 0 Å². The number of rotatable bonds is 4. The van der Waals surface area contributed by atoms with Crippen LogP contribution >= 0.6 is 0 Å². The van der Waals surface area contributed by atoms with Crippen LogP contribution in [0.3, 0.4) is 0 Å². The first-order valence-electron chi connectivity index (χ1n) is 10.4. The van der Waals surface area contributed by atoms with Crippen molar-refractivity contribution in [3.63, 3.8) is 0 Å². The summed E-state index contributed by atoms with van der Waals surface area (Å²) in [5, 5.41) is 14.9. The third-order valence-electron chi connectivity index (χ3n) is 5.68. The second kappa shape index (κ2) is 8.01. The van der Waals surface area contributed by atoms with E-state index >= 15 is 0 Å². The molecular formula is C24H26N2O4. The number of fused-ring (bicyclic) bond motifs is 1. The second-order valence-electron chi connectivity index (χ2n) is 8.86. The summed E-state index contributed by atoms with van der Waals surface area (Å²) in [6, 6.07) is 9.43. The average molecular weight is 406 g/mol. The van der Waals surface area contributed by atoms with Crippen molar-refractivity contribution < 1.29 is 19.2 Å². The van der Waals surface area contributed by atoms with Gasteiger partial charge in [-0.3, -0.25) is 14.6 Å². The van der Waals surface area contributed by atoms with Gasteiger partial charge in [-0.25, -0.2) is 0 Å². The number of aliphatic hydroxyl groups is 1. The summed E-state index contributed by atoms with van der Waals surface area (Å²) in [5.74, 6) is 0.575. The Labute approximate surface area is 175 Å². The molecule has 4 rings (SSSR count). The van der Waals surface area contributed by atoms with Crippen molar-refractivity contribution in [3.8, 4) is 0 Å². The minimum absolute atomic E-state index is 0.00900. The lowest BCUT2D eigenvalue weighted by molar-refractivity contribution is -0.115. The number of allylic oxidation sites excluding steroid dienone is 2. The van der Waals surface area contributed by atoms with Crippen LogP contribution in [0.25, 0.3) is 0 Å². The number of hydrogen-bond donors (Lipinski definition) is 1. The third-order valence-corrected chi connectivity index (χ3v) is 5.68. The number of aryl methyl sites for hydroxylation is 1. The highest BCUT2D eigenvalue weighted by atomic mass is 16.5. The molecule has 6 nitrogen and oxygen atoms in total. The summed E-state index contributed by atoms with van der Waals surface area (Å²) in [7, 11) is 0. The number of ketones is 2. The van der Waals surface area contributed by atoms with Crippen molar-refractivity contribution in [2.45, 2.75) is 58.8 Å². The van der Waals surface area contributed by atoms with Crippen LogP contribution in [0.5, 0.6) is 0 Å². The molecule has 1 saturated carbocycles. The zero-order valence-electron chi connectivity index (χ0n) is 17.4. The lowest BCUT2D eigenvalue weighted by Gasteiger charge is -2.26. The summed E-state index contributed by atoms with van der Waals surface area (Å²) in [5.41, 5.74) is 2.67. The van der Waals surface area contributed by atoms with Gasteiger partial charge >= 0.3 is 0 Å². The molecule has 0 saturated heterocycles. The van der Waals surface area contributed by atoms with Crippen LogP contribution in [0, 0.1) is 5.41 Å². The molecule has 0 bridgehead atoms. The normalized spacial score (nSPS) is 21.6. The number of Topliss-reactive ketones (excluding diaryl/α,β-unsaturated/α-hetero) is 2. The number of aromatic nitrogens is 1. The summed E-state index contributed by atoms with van der Waals surface area (Å²) in [6.45, 7) is 4.07. The largest absolute Gasteiger partial charge is 0.511 e. The minimum atomic E-state index is -0.137. The fourth-order valence-electron chi connectivity index (χ4n) is 4.28. The highest BCUT2D eigenvalue weighted by Crippen LogP contribution is 2.36. The Morgan fingerprint density at radius 2 is 1.90 bits per heavy atom. The number of aliphatic hydroxyl groups excluding tert-OH is 1. The van der Waals surface area contributed by atoms with Gasteiger partial charge in [-0.15, -0.1) is 0 Å². The van der Waals surface area contributed by atoms with Crippen LogP contribution < -0.4 is 0 Å². The van der Waals surface area contributed by atoms with E-state index in [-0.39, 0.29) is 29.2 Å². The minimum Gasteiger partial charge on any atom is -0.511 e. The Morgan fingerprint density at radius 3 is 2.67 bits per heavy atom. The summed E-state index contributed by atoms with van der Waals surface area (Å²) >= 11 is 0. The van der Waals surface area contributed by atoms with Crippen LogP contribution in [0.15, 0.2) is 51.2 Å². The van der Waals surface area contributed by atoms with Gasteiger partial charge in [0.2, 0.25) is 0 Å². The van der Waals surface area contributed by atoms with Crippen LogP contribution in [-0.2, 0) is 17.6 Å².